The lowest BCUT2D eigenvalue weighted by atomic mass is 10.1. The molecule has 5 heteroatoms. The minimum absolute atomic E-state index is 0.0287. The van der Waals surface area contributed by atoms with Crippen LogP contribution in [0.4, 0.5) is 0 Å². The van der Waals surface area contributed by atoms with Crippen LogP contribution in [0.25, 0.3) is 0 Å². The van der Waals surface area contributed by atoms with Crippen molar-refractivity contribution >= 4 is 28.8 Å². The number of nitrogens with one attached hydrogen (secondary N) is 1. The van der Waals surface area contributed by atoms with Gasteiger partial charge in [-0.2, -0.15) is 0 Å². The molecule has 1 aromatic carbocycles. The normalized spacial score (nSPS) is 11.0. The molecule has 0 atom stereocenters. The van der Waals surface area contributed by atoms with E-state index in [4.69, 9.17) is 11.6 Å². The summed E-state index contributed by atoms with van der Waals surface area (Å²) in [6.07, 6.45) is 1.71. The van der Waals surface area contributed by atoms with Crippen molar-refractivity contribution in [2.45, 2.75) is 33.6 Å². The Kier molecular flexibility index (Phi) is 5.98. The first-order valence-corrected chi connectivity index (χ1v) is 8.64. The first kappa shape index (κ1) is 17.0. The molecule has 0 saturated carbocycles. The van der Waals surface area contributed by atoms with Crippen LogP contribution in [0.3, 0.4) is 0 Å². The van der Waals surface area contributed by atoms with Gasteiger partial charge in [0.05, 0.1) is 10.7 Å². The molecule has 3 nitrogen and oxygen atoms in total. The van der Waals surface area contributed by atoms with Crippen molar-refractivity contribution in [2.75, 3.05) is 6.54 Å². The molecule has 1 amide bonds. The van der Waals surface area contributed by atoms with Crippen molar-refractivity contribution in [1.29, 1.82) is 0 Å². The van der Waals surface area contributed by atoms with Gasteiger partial charge in [-0.25, -0.2) is 4.98 Å². The van der Waals surface area contributed by atoms with Crippen LogP contribution < -0.4 is 5.32 Å². The Morgan fingerprint density at radius 3 is 2.64 bits per heavy atom. The number of aryl methyl sites for hydroxylation is 1. The largest absolute Gasteiger partial charge is 0.351 e. The number of halogens is 1. The summed E-state index contributed by atoms with van der Waals surface area (Å²) in [4.78, 5) is 17.5. The Balaban J connectivity index is 1.89. The van der Waals surface area contributed by atoms with Gasteiger partial charge in [0.2, 0.25) is 0 Å². The fourth-order valence-corrected chi connectivity index (χ4v) is 3.47. The molecular formula is C17H21ClN2OS. The van der Waals surface area contributed by atoms with Gasteiger partial charge < -0.3 is 5.32 Å². The van der Waals surface area contributed by atoms with E-state index >= 15 is 0 Å². The minimum atomic E-state index is -0.0287. The number of carbonyl (C=O) groups excluding carboxylic acids is 1. The summed E-state index contributed by atoms with van der Waals surface area (Å²) < 4.78 is 0. The second-order valence-electron chi connectivity index (χ2n) is 5.75. The van der Waals surface area contributed by atoms with Crippen LogP contribution in [0.2, 0.25) is 5.02 Å². The number of benzene rings is 1. The molecule has 0 unspecified atom stereocenters. The standard InChI is InChI=1S/C17H21ClN2OS/c1-11(2)10-15-20-12(3)16(22-15)17(21)19-9-8-13-4-6-14(18)7-5-13/h4-7,11H,8-10H2,1-3H3,(H,19,21). The number of aromatic nitrogens is 1. The highest BCUT2D eigenvalue weighted by atomic mass is 35.5. The van der Waals surface area contributed by atoms with Crippen molar-refractivity contribution in [3.8, 4) is 0 Å². The summed E-state index contributed by atoms with van der Waals surface area (Å²) in [5.41, 5.74) is 1.98. The van der Waals surface area contributed by atoms with E-state index in [1.54, 1.807) is 0 Å². The molecule has 0 saturated heterocycles. The van der Waals surface area contributed by atoms with Gasteiger partial charge in [-0.3, -0.25) is 4.79 Å². The van der Waals surface area contributed by atoms with E-state index in [-0.39, 0.29) is 5.91 Å². The second-order valence-corrected chi connectivity index (χ2v) is 7.27. The summed E-state index contributed by atoms with van der Waals surface area (Å²) in [6.45, 7) is 6.82. The summed E-state index contributed by atoms with van der Waals surface area (Å²) in [5, 5.41) is 4.73. The highest BCUT2D eigenvalue weighted by Crippen LogP contribution is 2.20. The van der Waals surface area contributed by atoms with Crippen molar-refractivity contribution < 1.29 is 4.79 Å². The highest BCUT2D eigenvalue weighted by Gasteiger charge is 2.15. The third-order valence-electron chi connectivity index (χ3n) is 3.24. The molecule has 22 heavy (non-hydrogen) atoms. The van der Waals surface area contributed by atoms with Gasteiger partial charge in [-0.05, 0) is 37.0 Å². The van der Waals surface area contributed by atoms with Gasteiger partial charge in [0.15, 0.2) is 0 Å². The zero-order valence-electron chi connectivity index (χ0n) is 13.1. The quantitative estimate of drug-likeness (QED) is 0.855. The molecule has 0 fully saturated rings. The lowest BCUT2D eigenvalue weighted by Gasteiger charge is -2.04. The summed E-state index contributed by atoms with van der Waals surface area (Å²) >= 11 is 7.36. The van der Waals surface area contributed by atoms with Crippen LogP contribution in [0.15, 0.2) is 24.3 Å². The van der Waals surface area contributed by atoms with Gasteiger partial charge in [-0.15, -0.1) is 11.3 Å². The predicted octanol–water partition coefficient (Wildman–Crippen LogP) is 4.28. The summed E-state index contributed by atoms with van der Waals surface area (Å²) in [6, 6.07) is 7.69. The van der Waals surface area contributed by atoms with E-state index in [9.17, 15) is 4.79 Å². The first-order valence-electron chi connectivity index (χ1n) is 7.44. The van der Waals surface area contributed by atoms with Gasteiger partial charge in [0.1, 0.15) is 4.88 Å². The van der Waals surface area contributed by atoms with Crippen LogP contribution >= 0.6 is 22.9 Å². The second kappa shape index (κ2) is 7.75. The lowest BCUT2D eigenvalue weighted by Crippen LogP contribution is -2.25. The Labute approximate surface area is 140 Å². The monoisotopic (exact) mass is 336 g/mol. The molecule has 0 spiro atoms. The molecule has 2 rings (SSSR count). The maximum Gasteiger partial charge on any atom is 0.263 e. The third-order valence-corrected chi connectivity index (χ3v) is 4.67. The molecule has 1 aromatic heterocycles. The Morgan fingerprint density at radius 2 is 2.00 bits per heavy atom. The number of hydrogen-bond acceptors (Lipinski definition) is 3. The Bertz CT molecular complexity index is 635. The molecule has 0 radical (unpaired) electrons. The van der Waals surface area contributed by atoms with Crippen LogP contribution in [0.1, 0.15) is 39.8 Å². The maximum absolute atomic E-state index is 12.2. The third kappa shape index (κ3) is 4.82. The highest BCUT2D eigenvalue weighted by molar-refractivity contribution is 7.13. The average molecular weight is 337 g/mol. The predicted molar refractivity (Wildman–Crippen MR) is 92.9 cm³/mol. The number of thiazole rings is 1. The zero-order valence-corrected chi connectivity index (χ0v) is 14.7. The molecule has 1 heterocycles. The zero-order chi connectivity index (χ0) is 16.1. The van der Waals surface area contributed by atoms with Gasteiger partial charge in [0, 0.05) is 18.0 Å². The molecule has 0 aliphatic carbocycles. The van der Waals surface area contributed by atoms with E-state index in [1.165, 1.54) is 11.3 Å². The van der Waals surface area contributed by atoms with Crippen molar-refractivity contribution in [3.63, 3.8) is 0 Å². The van der Waals surface area contributed by atoms with Gasteiger partial charge in [0.25, 0.3) is 5.91 Å². The first-order chi connectivity index (χ1) is 10.5. The van der Waals surface area contributed by atoms with E-state index in [0.29, 0.717) is 12.5 Å². The van der Waals surface area contributed by atoms with Gasteiger partial charge in [-0.1, -0.05) is 37.6 Å². The number of amides is 1. The van der Waals surface area contributed by atoms with Crippen LogP contribution in [-0.2, 0) is 12.8 Å². The summed E-state index contributed by atoms with van der Waals surface area (Å²) in [5.74, 6) is 0.519. The average Bonchev–Trinajstić information content (AvgIpc) is 2.81. The molecular weight excluding hydrogens is 316 g/mol. The number of hydrogen-bond donors (Lipinski definition) is 1. The molecule has 0 aliphatic rings. The lowest BCUT2D eigenvalue weighted by molar-refractivity contribution is 0.0957. The van der Waals surface area contributed by atoms with Gasteiger partial charge >= 0.3 is 0 Å². The number of carbonyl (C=O) groups is 1. The Morgan fingerprint density at radius 1 is 1.32 bits per heavy atom. The van der Waals surface area contributed by atoms with E-state index in [2.05, 4.69) is 24.1 Å². The van der Waals surface area contributed by atoms with Crippen molar-refractivity contribution in [3.05, 3.63) is 50.4 Å². The van der Waals surface area contributed by atoms with Crippen molar-refractivity contribution in [2.24, 2.45) is 5.92 Å². The van der Waals surface area contributed by atoms with Crippen LogP contribution in [0.5, 0.6) is 0 Å². The number of nitrogens with zero attached hydrogens (tertiary/aromatic N) is 1. The number of rotatable bonds is 6. The Hall–Kier alpha value is -1.39. The fraction of sp³-hybridized carbons (Fsp3) is 0.412. The molecule has 0 bridgehead atoms. The minimum Gasteiger partial charge on any atom is -0.351 e. The topological polar surface area (TPSA) is 42.0 Å². The maximum atomic E-state index is 12.2. The molecule has 1 N–H and O–H groups in total. The van der Waals surface area contributed by atoms with E-state index < -0.39 is 0 Å². The van der Waals surface area contributed by atoms with E-state index in [1.807, 2.05) is 31.2 Å². The molecule has 2 aromatic rings. The molecule has 0 aliphatic heterocycles. The fourth-order valence-electron chi connectivity index (χ4n) is 2.15. The van der Waals surface area contributed by atoms with Crippen molar-refractivity contribution in [1.82, 2.24) is 10.3 Å². The van der Waals surface area contributed by atoms with E-state index in [0.717, 1.165) is 39.0 Å². The smallest absolute Gasteiger partial charge is 0.263 e. The molecule has 118 valence electrons. The van der Waals surface area contributed by atoms with Crippen LogP contribution in [0, 0.1) is 12.8 Å². The van der Waals surface area contributed by atoms with Crippen LogP contribution in [-0.4, -0.2) is 17.4 Å². The SMILES string of the molecule is Cc1nc(CC(C)C)sc1C(=O)NCCc1ccc(Cl)cc1. The summed E-state index contributed by atoms with van der Waals surface area (Å²) in [7, 11) is 0.